The first-order valence-corrected chi connectivity index (χ1v) is 11.1. The van der Waals surface area contributed by atoms with E-state index < -0.39 is 5.60 Å². The Bertz CT molecular complexity index is 1150. The summed E-state index contributed by atoms with van der Waals surface area (Å²) in [5.41, 5.74) is 9.87. The number of halogens is 1. The van der Waals surface area contributed by atoms with Crippen molar-refractivity contribution in [1.82, 2.24) is 9.78 Å². The molecular formula is C26H29FN3O+. The van der Waals surface area contributed by atoms with Crippen molar-refractivity contribution in [3.8, 4) is 5.69 Å². The van der Waals surface area contributed by atoms with Crippen molar-refractivity contribution < 1.29 is 15.2 Å². The van der Waals surface area contributed by atoms with Crippen LogP contribution < -0.4 is 5.73 Å². The lowest BCUT2D eigenvalue weighted by molar-refractivity contribution is -0.386. The van der Waals surface area contributed by atoms with Crippen molar-refractivity contribution in [1.29, 1.82) is 0 Å². The predicted octanol–water partition coefficient (Wildman–Crippen LogP) is 3.86. The molecular weight excluding hydrogens is 389 g/mol. The number of fused-ring (bicyclic) bond motifs is 2. The van der Waals surface area contributed by atoms with Crippen molar-refractivity contribution in [3.63, 3.8) is 0 Å². The Hall–Kier alpha value is -2.76. The topological polar surface area (TPSA) is 65.7 Å². The van der Waals surface area contributed by atoms with Gasteiger partial charge in [-0.3, -0.25) is 0 Å². The zero-order valence-electron chi connectivity index (χ0n) is 17.9. The summed E-state index contributed by atoms with van der Waals surface area (Å²) in [6.45, 7) is 2.97. The van der Waals surface area contributed by atoms with E-state index in [1.807, 2.05) is 10.9 Å². The summed E-state index contributed by atoms with van der Waals surface area (Å²) in [6, 6.07) is 14.8. The molecule has 0 amide bonds. The van der Waals surface area contributed by atoms with Crippen LogP contribution in [0.4, 0.5) is 4.39 Å². The molecule has 1 fully saturated rings. The first-order chi connectivity index (χ1) is 14.9. The van der Waals surface area contributed by atoms with Gasteiger partial charge in [0.2, 0.25) is 0 Å². The molecule has 4 N–H and O–H groups in total. The second kappa shape index (κ2) is 7.43. The molecule has 2 atom stereocenters. The van der Waals surface area contributed by atoms with E-state index in [0.717, 1.165) is 55.6 Å². The average Bonchev–Trinajstić information content (AvgIpc) is 3.29. The Labute approximate surface area is 182 Å². The van der Waals surface area contributed by atoms with E-state index in [2.05, 4.69) is 48.1 Å². The average molecular weight is 419 g/mol. The van der Waals surface area contributed by atoms with Gasteiger partial charge in [0, 0.05) is 11.0 Å². The minimum absolute atomic E-state index is 0.253. The standard InChI is InChI=1S/C26H28FN3O/c1-25-15-20-17-29-30(23-8-6-22(27)7-9-23)24(20)14-21(25)11-13-26(25,31)12-10-18-4-2-3-5-19(18)16-28/h2-9,14,17,31H,10-13,15-16,28H2,1H3/p+1/t25-,26-/m0/s1. The van der Waals surface area contributed by atoms with Crippen molar-refractivity contribution >= 4 is 6.08 Å². The van der Waals surface area contributed by atoms with Crippen LogP contribution >= 0.6 is 0 Å². The molecule has 0 unspecified atom stereocenters. The zero-order valence-corrected chi connectivity index (χ0v) is 17.9. The first-order valence-electron chi connectivity index (χ1n) is 11.1. The fourth-order valence-electron chi connectivity index (χ4n) is 5.51. The maximum atomic E-state index is 13.3. The Morgan fingerprint density at radius 3 is 2.61 bits per heavy atom. The van der Waals surface area contributed by atoms with E-state index >= 15 is 0 Å². The van der Waals surface area contributed by atoms with Crippen LogP contribution in [0.5, 0.6) is 0 Å². The van der Waals surface area contributed by atoms with E-state index in [0.29, 0.717) is 0 Å². The Kier molecular flexibility index (Phi) is 4.83. The molecule has 160 valence electrons. The number of quaternary nitrogens is 1. The summed E-state index contributed by atoms with van der Waals surface area (Å²) in [7, 11) is 0. The van der Waals surface area contributed by atoms with Crippen molar-refractivity contribution in [3.05, 3.63) is 88.5 Å². The zero-order chi connectivity index (χ0) is 21.6. The molecule has 5 heteroatoms. The van der Waals surface area contributed by atoms with Crippen LogP contribution in [0.2, 0.25) is 0 Å². The van der Waals surface area contributed by atoms with Gasteiger partial charge in [-0.25, -0.2) is 9.07 Å². The summed E-state index contributed by atoms with van der Waals surface area (Å²) in [6.07, 6.45) is 8.12. The quantitative estimate of drug-likeness (QED) is 0.661. The van der Waals surface area contributed by atoms with E-state index in [-0.39, 0.29) is 11.2 Å². The first kappa shape index (κ1) is 20.2. The number of hydrogen-bond donors (Lipinski definition) is 2. The number of nitrogens with zero attached hydrogens (tertiary/aromatic N) is 2. The number of hydrogen-bond acceptors (Lipinski definition) is 2. The summed E-state index contributed by atoms with van der Waals surface area (Å²) in [4.78, 5) is 0. The molecule has 4 nitrogen and oxygen atoms in total. The highest BCUT2D eigenvalue weighted by Crippen LogP contribution is 2.56. The van der Waals surface area contributed by atoms with Gasteiger partial charge >= 0.3 is 0 Å². The molecule has 2 aromatic carbocycles. The summed E-state index contributed by atoms with van der Waals surface area (Å²) < 4.78 is 15.2. The fraction of sp³-hybridized carbons (Fsp3) is 0.346. The highest BCUT2D eigenvalue weighted by atomic mass is 19.1. The maximum Gasteiger partial charge on any atom is 0.123 e. The van der Waals surface area contributed by atoms with Crippen LogP contribution in [0.3, 0.4) is 0 Å². The van der Waals surface area contributed by atoms with Crippen molar-refractivity contribution in [2.24, 2.45) is 5.41 Å². The summed E-state index contributed by atoms with van der Waals surface area (Å²) in [5.74, 6) is -0.253. The molecule has 0 bridgehead atoms. The van der Waals surface area contributed by atoms with Crippen LogP contribution in [0, 0.1) is 11.2 Å². The van der Waals surface area contributed by atoms with E-state index in [1.165, 1.54) is 28.8 Å². The Morgan fingerprint density at radius 2 is 1.87 bits per heavy atom. The van der Waals surface area contributed by atoms with Gasteiger partial charge in [0.15, 0.2) is 0 Å². The molecule has 0 saturated heterocycles. The number of aliphatic hydroxyl groups is 1. The van der Waals surface area contributed by atoms with Crippen LogP contribution in [-0.4, -0.2) is 20.5 Å². The molecule has 3 aromatic rings. The summed E-state index contributed by atoms with van der Waals surface area (Å²) in [5, 5.41) is 16.4. The normalized spacial score (nSPS) is 24.6. The molecule has 2 aliphatic carbocycles. The third-order valence-electron chi connectivity index (χ3n) is 7.55. The second-order valence-electron chi connectivity index (χ2n) is 9.17. The van der Waals surface area contributed by atoms with Crippen LogP contribution in [0.15, 0.2) is 60.3 Å². The highest BCUT2D eigenvalue weighted by Gasteiger charge is 2.54. The lowest BCUT2D eigenvalue weighted by Crippen LogP contribution is -2.48. The number of aryl methyl sites for hydroxylation is 1. The van der Waals surface area contributed by atoms with Crippen LogP contribution in [-0.2, 0) is 19.4 Å². The molecule has 1 heterocycles. The number of aromatic nitrogens is 2. The molecule has 5 rings (SSSR count). The minimum atomic E-state index is -0.747. The molecule has 0 spiro atoms. The predicted molar refractivity (Wildman–Crippen MR) is 119 cm³/mol. The molecule has 0 aliphatic heterocycles. The van der Waals surface area contributed by atoms with Gasteiger partial charge in [0.1, 0.15) is 5.82 Å². The fourth-order valence-corrected chi connectivity index (χ4v) is 5.51. The second-order valence-corrected chi connectivity index (χ2v) is 9.17. The largest absolute Gasteiger partial charge is 0.389 e. The van der Waals surface area contributed by atoms with Gasteiger partial charge in [-0.2, -0.15) is 5.10 Å². The smallest absolute Gasteiger partial charge is 0.123 e. The lowest BCUT2D eigenvalue weighted by atomic mass is 9.65. The SMILES string of the molecule is C[C@]12Cc3cnn(-c4ccc(F)cc4)c3C=C1CC[C@@]2(O)CCc1ccccc1C[NH3+]. The molecule has 1 aromatic heterocycles. The third kappa shape index (κ3) is 3.24. The highest BCUT2D eigenvalue weighted by molar-refractivity contribution is 5.62. The van der Waals surface area contributed by atoms with E-state index in [4.69, 9.17) is 0 Å². The summed E-state index contributed by atoms with van der Waals surface area (Å²) >= 11 is 0. The van der Waals surface area contributed by atoms with Gasteiger partial charge in [-0.1, -0.05) is 36.8 Å². The van der Waals surface area contributed by atoms with Gasteiger partial charge < -0.3 is 10.8 Å². The number of rotatable bonds is 5. The third-order valence-corrected chi connectivity index (χ3v) is 7.55. The van der Waals surface area contributed by atoms with Gasteiger partial charge in [0.05, 0.1) is 29.7 Å². The van der Waals surface area contributed by atoms with E-state index in [1.54, 1.807) is 12.1 Å². The van der Waals surface area contributed by atoms with Gasteiger partial charge in [-0.15, -0.1) is 0 Å². The molecule has 0 radical (unpaired) electrons. The van der Waals surface area contributed by atoms with Crippen molar-refractivity contribution in [2.75, 3.05) is 0 Å². The molecule has 1 saturated carbocycles. The lowest BCUT2D eigenvalue weighted by Gasteiger charge is -2.42. The van der Waals surface area contributed by atoms with Gasteiger partial charge in [-0.05, 0) is 73.6 Å². The van der Waals surface area contributed by atoms with Gasteiger partial charge in [0.25, 0.3) is 0 Å². The minimum Gasteiger partial charge on any atom is -0.389 e. The Balaban J connectivity index is 1.44. The molecule has 31 heavy (non-hydrogen) atoms. The molecule has 2 aliphatic rings. The van der Waals surface area contributed by atoms with Crippen molar-refractivity contribution in [2.45, 2.75) is 51.2 Å². The number of benzene rings is 2. The van der Waals surface area contributed by atoms with Crippen LogP contribution in [0.25, 0.3) is 11.8 Å². The monoisotopic (exact) mass is 418 g/mol. The Morgan fingerprint density at radius 1 is 1.13 bits per heavy atom. The van der Waals surface area contributed by atoms with E-state index in [9.17, 15) is 9.50 Å². The van der Waals surface area contributed by atoms with Crippen LogP contribution in [0.1, 0.15) is 48.6 Å². The maximum absolute atomic E-state index is 13.3.